The van der Waals surface area contributed by atoms with Crippen LogP contribution < -0.4 is 20.7 Å². The number of aliphatic hydroxyl groups excluding tert-OH is 1. The molecule has 1 saturated carbocycles. The second kappa shape index (κ2) is 8.12. The minimum absolute atomic E-state index is 0.181. The van der Waals surface area contributed by atoms with E-state index in [4.69, 9.17) is 10.5 Å². The summed E-state index contributed by atoms with van der Waals surface area (Å²) in [5.41, 5.74) is 6.35. The van der Waals surface area contributed by atoms with Crippen molar-refractivity contribution in [2.24, 2.45) is 17.6 Å². The Balaban J connectivity index is 1.74. The van der Waals surface area contributed by atoms with E-state index in [1.54, 1.807) is 12.1 Å². The number of primary amides is 1. The maximum Gasteiger partial charge on any atom is 0.270 e. The minimum Gasteiger partial charge on any atom is -0.476 e. The predicted molar refractivity (Wildman–Crippen MR) is 101 cm³/mol. The molecule has 1 aromatic heterocycles. The number of aromatic nitrogens is 1. The van der Waals surface area contributed by atoms with Crippen LogP contribution >= 0.6 is 0 Å². The zero-order valence-corrected chi connectivity index (χ0v) is 15.9. The number of rotatable bonds is 9. The van der Waals surface area contributed by atoms with Crippen LogP contribution in [0.3, 0.4) is 0 Å². The lowest BCUT2D eigenvalue weighted by atomic mass is 10.0. The summed E-state index contributed by atoms with van der Waals surface area (Å²) in [6.07, 6.45) is 2.41. The van der Waals surface area contributed by atoms with Gasteiger partial charge in [-0.2, -0.15) is 0 Å². The molecule has 27 heavy (non-hydrogen) atoms. The molecule has 1 aromatic rings. The molecule has 0 bridgehead atoms. The van der Waals surface area contributed by atoms with Crippen molar-refractivity contribution in [1.29, 1.82) is 0 Å². The molecule has 8 nitrogen and oxygen atoms in total. The maximum atomic E-state index is 12.6. The van der Waals surface area contributed by atoms with Crippen LogP contribution in [0.5, 0.6) is 5.88 Å². The lowest BCUT2D eigenvalue weighted by molar-refractivity contribution is -0.120. The first kappa shape index (κ1) is 19.4. The number of aliphatic hydroxyl groups is 1. The third-order valence-corrected chi connectivity index (χ3v) is 4.78. The fourth-order valence-electron chi connectivity index (χ4n) is 2.99. The van der Waals surface area contributed by atoms with Crippen LogP contribution in [0.15, 0.2) is 12.1 Å². The van der Waals surface area contributed by atoms with Crippen LogP contribution in [0, 0.1) is 11.8 Å². The highest BCUT2D eigenvalue weighted by Crippen LogP contribution is 2.34. The molecule has 2 fully saturated rings. The molecule has 1 aliphatic heterocycles. The van der Waals surface area contributed by atoms with Gasteiger partial charge in [-0.25, -0.2) is 4.98 Å². The van der Waals surface area contributed by atoms with E-state index in [9.17, 15) is 14.7 Å². The highest BCUT2D eigenvalue weighted by atomic mass is 16.5. The van der Waals surface area contributed by atoms with Gasteiger partial charge in [0.05, 0.1) is 12.7 Å². The number of carbonyl (C=O) groups is 2. The van der Waals surface area contributed by atoms with Gasteiger partial charge >= 0.3 is 0 Å². The number of anilines is 1. The highest BCUT2D eigenvalue weighted by molar-refractivity contribution is 5.96. The van der Waals surface area contributed by atoms with E-state index in [1.807, 2.05) is 18.7 Å². The number of hydrogen-bond acceptors (Lipinski definition) is 6. The summed E-state index contributed by atoms with van der Waals surface area (Å²) in [6.45, 7) is 5.52. The van der Waals surface area contributed by atoms with Gasteiger partial charge in [0.25, 0.3) is 5.91 Å². The Labute approximate surface area is 159 Å². The Morgan fingerprint density at radius 3 is 2.63 bits per heavy atom. The van der Waals surface area contributed by atoms with Crippen LogP contribution in [0.1, 0.15) is 43.6 Å². The van der Waals surface area contributed by atoms with Gasteiger partial charge in [0, 0.05) is 13.1 Å². The topological polar surface area (TPSA) is 118 Å². The van der Waals surface area contributed by atoms with Gasteiger partial charge in [-0.3, -0.25) is 9.59 Å². The minimum atomic E-state index is -0.736. The maximum absolute atomic E-state index is 12.6. The van der Waals surface area contributed by atoms with E-state index in [0.717, 1.165) is 18.5 Å². The number of nitrogens with two attached hydrogens (primary N) is 1. The van der Waals surface area contributed by atoms with E-state index in [1.165, 1.54) is 0 Å². The van der Waals surface area contributed by atoms with Crippen LogP contribution in [0.4, 0.5) is 5.69 Å². The predicted octanol–water partition coefficient (Wildman–Crippen LogP) is 0.681. The van der Waals surface area contributed by atoms with Crippen molar-refractivity contribution in [3.8, 4) is 5.88 Å². The molecule has 0 unspecified atom stereocenters. The third-order valence-electron chi connectivity index (χ3n) is 4.78. The van der Waals surface area contributed by atoms with Crippen molar-refractivity contribution in [3.63, 3.8) is 0 Å². The Bertz CT molecular complexity index is 699. The number of nitrogens with zero attached hydrogens (tertiary/aromatic N) is 2. The zero-order chi connectivity index (χ0) is 19.6. The molecule has 0 spiro atoms. The Morgan fingerprint density at radius 2 is 2.07 bits per heavy atom. The molecule has 0 radical (unpaired) electrons. The monoisotopic (exact) mass is 376 g/mol. The van der Waals surface area contributed by atoms with Gasteiger partial charge in [0.1, 0.15) is 17.4 Å². The molecule has 3 rings (SSSR count). The molecule has 1 atom stereocenters. The van der Waals surface area contributed by atoms with Crippen LogP contribution in [0.25, 0.3) is 0 Å². The lowest BCUT2D eigenvalue weighted by Gasteiger charge is -2.38. The largest absolute Gasteiger partial charge is 0.476 e. The summed E-state index contributed by atoms with van der Waals surface area (Å²) in [6, 6.07) is 2.64. The average Bonchev–Trinajstić information content (AvgIpc) is 3.40. The number of β-amino-alcohol motifs (C(OH)–C–C–N with tert-alkyl or cyclic N) is 1. The van der Waals surface area contributed by atoms with Crippen molar-refractivity contribution < 1.29 is 19.4 Å². The van der Waals surface area contributed by atoms with E-state index in [2.05, 4.69) is 10.3 Å². The number of carbonyl (C=O) groups excluding carboxylic acids is 2. The fourth-order valence-corrected chi connectivity index (χ4v) is 2.99. The molecule has 8 heteroatoms. The number of amides is 2. The quantitative estimate of drug-likeness (QED) is 0.583. The molecule has 4 N–H and O–H groups in total. The lowest BCUT2D eigenvalue weighted by Crippen LogP contribution is -2.51. The second-order valence-corrected chi connectivity index (χ2v) is 7.89. The molecule has 2 heterocycles. The normalized spacial score (nSPS) is 18.1. The summed E-state index contributed by atoms with van der Waals surface area (Å²) in [4.78, 5) is 30.5. The Morgan fingerprint density at radius 1 is 1.37 bits per heavy atom. The fraction of sp³-hybridized carbons (Fsp3) is 0.632. The van der Waals surface area contributed by atoms with E-state index in [0.29, 0.717) is 37.9 Å². The van der Waals surface area contributed by atoms with Crippen molar-refractivity contribution in [2.75, 3.05) is 24.6 Å². The van der Waals surface area contributed by atoms with Crippen LogP contribution in [-0.2, 0) is 4.79 Å². The standard InChI is InChI=1S/C19H28N4O4/c1-11(2)7-15(17(20)25)21-18(26)14-5-6-16(23-8-13(24)9-23)19(22-14)27-10-12-3-4-12/h5-6,11-13,15,24H,3-4,7-10H2,1-2H3,(H2,20,25)(H,21,26)/t15-/m0/s1. The number of hydrogen-bond donors (Lipinski definition) is 3. The molecular formula is C19H28N4O4. The first-order chi connectivity index (χ1) is 12.8. The van der Waals surface area contributed by atoms with Gasteiger partial charge in [-0.1, -0.05) is 13.8 Å². The van der Waals surface area contributed by atoms with Crippen molar-refractivity contribution in [2.45, 2.75) is 45.3 Å². The second-order valence-electron chi connectivity index (χ2n) is 7.89. The van der Waals surface area contributed by atoms with Crippen molar-refractivity contribution in [1.82, 2.24) is 10.3 Å². The molecule has 2 amide bonds. The van der Waals surface area contributed by atoms with E-state index < -0.39 is 17.9 Å². The summed E-state index contributed by atoms with van der Waals surface area (Å²) < 4.78 is 5.85. The highest BCUT2D eigenvalue weighted by Gasteiger charge is 2.30. The molecular weight excluding hydrogens is 348 g/mol. The first-order valence-corrected chi connectivity index (χ1v) is 9.50. The average molecular weight is 376 g/mol. The van der Waals surface area contributed by atoms with Gasteiger partial charge in [0.2, 0.25) is 11.8 Å². The van der Waals surface area contributed by atoms with Gasteiger partial charge in [-0.15, -0.1) is 0 Å². The molecule has 1 saturated heterocycles. The number of pyridine rings is 1. The molecule has 2 aliphatic rings. The summed E-state index contributed by atoms with van der Waals surface area (Å²) in [5.74, 6) is 0.137. The zero-order valence-electron chi connectivity index (χ0n) is 15.9. The van der Waals surface area contributed by atoms with E-state index in [-0.39, 0.29) is 17.7 Å². The summed E-state index contributed by atoms with van der Waals surface area (Å²) >= 11 is 0. The first-order valence-electron chi connectivity index (χ1n) is 9.50. The summed E-state index contributed by atoms with van der Waals surface area (Å²) in [5, 5.41) is 12.2. The Kier molecular flexibility index (Phi) is 5.84. The van der Waals surface area contributed by atoms with Crippen molar-refractivity contribution >= 4 is 17.5 Å². The molecule has 148 valence electrons. The number of ether oxygens (including phenoxy) is 1. The smallest absolute Gasteiger partial charge is 0.270 e. The molecule has 1 aliphatic carbocycles. The van der Waals surface area contributed by atoms with Gasteiger partial charge in [0.15, 0.2) is 0 Å². The molecule has 0 aromatic carbocycles. The van der Waals surface area contributed by atoms with E-state index >= 15 is 0 Å². The Hall–Kier alpha value is -2.35. The third kappa shape index (κ3) is 5.09. The van der Waals surface area contributed by atoms with Gasteiger partial charge < -0.3 is 25.8 Å². The van der Waals surface area contributed by atoms with Gasteiger partial charge in [-0.05, 0) is 43.2 Å². The van der Waals surface area contributed by atoms with Crippen molar-refractivity contribution in [3.05, 3.63) is 17.8 Å². The number of nitrogens with one attached hydrogen (secondary N) is 1. The van der Waals surface area contributed by atoms with Crippen LogP contribution in [0.2, 0.25) is 0 Å². The summed E-state index contributed by atoms with van der Waals surface area (Å²) in [7, 11) is 0. The van der Waals surface area contributed by atoms with Crippen LogP contribution in [-0.4, -0.2) is 53.7 Å². The SMILES string of the molecule is CC(C)C[C@H](NC(=O)c1ccc(N2CC(O)C2)c(OCC2CC2)n1)C(N)=O.